The van der Waals surface area contributed by atoms with E-state index in [1.54, 1.807) is 7.05 Å². The molecule has 0 aromatic heterocycles. The van der Waals surface area contributed by atoms with Gasteiger partial charge in [0.1, 0.15) is 0 Å². The van der Waals surface area contributed by atoms with Crippen LogP contribution in [0, 0.1) is 11.3 Å². The van der Waals surface area contributed by atoms with Crippen molar-refractivity contribution in [3.05, 3.63) is 34.9 Å². The number of nitrogens with zero attached hydrogens (tertiary/aromatic N) is 1. The number of halogens is 1. The van der Waals surface area contributed by atoms with E-state index in [2.05, 4.69) is 29.8 Å². The fourth-order valence-corrected chi connectivity index (χ4v) is 4.12. The molecule has 0 spiro atoms. The molecule has 1 heterocycles. The average Bonchev–Trinajstić information content (AvgIpc) is 3.04. The van der Waals surface area contributed by atoms with E-state index in [9.17, 15) is 9.59 Å². The molecule has 0 saturated heterocycles. The molecule has 1 aromatic rings. The quantitative estimate of drug-likeness (QED) is 0.614. The van der Waals surface area contributed by atoms with E-state index in [4.69, 9.17) is 0 Å². The number of hydrogen-bond acceptors (Lipinski definition) is 2. The number of carbonyl (C=O) groups excluding carboxylic acids is 2. The Morgan fingerprint density at radius 2 is 2.00 bits per heavy atom. The lowest BCUT2D eigenvalue weighted by Gasteiger charge is -2.24. The molecule has 4 heteroatoms. The van der Waals surface area contributed by atoms with E-state index in [0.29, 0.717) is 23.3 Å². The lowest BCUT2D eigenvalue weighted by atomic mass is 9.94. The molecule has 3 nitrogen and oxygen atoms in total. The first kappa shape index (κ1) is 13.8. The summed E-state index contributed by atoms with van der Waals surface area (Å²) >= 11 is 3.77. The molecule has 1 fully saturated rings. The summed E-state index contributed by atoms with van der Waals surface area (Å²) in [5.74, 6) is 0.292. The van der Waals surface area contributed by atoms with Crippen LogP contribution in [-0.4, -0.2) is 23.8 Å². The number of imide groups is 1. The Bertz CT molecular complexity index is 608. The third-order valence-corrected chi connectivity index (χ3v) is 5.81. The van der Waals surface area contributed by atoms with E-state index < -0.39 is 0 Å². The zero-order chi connectivity index (χ0) is 14.7. The normalized spacial score (nSPS) is 25.4. The number of benzene rings is 1. The van der Waals surface area contributed by atoms with Crippen molar-refractivity contribution in [1.82, 2.24) is 4.90 Å². The molecule has 2 unspecified atom stereocenters. The highest BCUT2D eigenvalue weighted by atomic mass is 79.9. The van der Waals surface area contributed by atoms with Gasteiger partial charge in [-0.05, 0) is 34.9 Å². The van der Waals surface area contributed by atoms with Gasteiger partial charge in [0.2, 0.25) is 5.91 Å². The fourth-order valence-electron chi connectivity index (χ4n) is 2.93. The zero-order valence-corrected chi connectivity index (χ0v) is 13.5. The van der Waals surface area contributed by atoms with Crippen molar-refractivity contribution in [3.8, 4) is 0 Å². The summed E-state index contributed by atoms with van der Waals surface area (Å²) in [6, 6.07) is 5.92. The van der Waals surface area contributed by atoms with E-state index >= 15 is 0 Å². The second-order valence-corrected chi connectivity index (χ2v) is 7.54. The second kappa shape index (κ2) is 4.42. The Balaban J connectivity index is 1.94. The topological polar surface area (TPSA) is 37.4 Å². The van der Waals surface area contributed by atoms with Gasteiger partial charge in [-0.3, -0.25) is 14.5 Å². The SMILES string of the molecule is CN1C(=O)Cc2ccc(C(Br)C3CC3(C)C)cc2C1=O. The van der Waals surface area contributed by atoms with Crippen LogP contribution in [-0.2, 0) is 11.2 Å². The minimum Gasteiger partial charge on any atom is -0.281 e. The number of carbonyl (C=O) groups is 2. The van der Waals surface area contributed by atoms with Crippen LogP contribution in [0.3, 0.4) is 0 Å². The van der Waals surface area contributed by atoms with E-state index in [1.807, 2.05) is 18.2 Å². The number of amides is 2. The smallest absolute Gasteiger partial charge is 0.260 e. The summed E-state index contributed by atoms with van der Waals surface area (Å²) in [5, 5.41) is 0. The Morgan fingerprint density at radius 1 is 1.35 bits per heavy atom. The first-order valence-corrected chi connectivity index (χ1v) is 7.80. The van der Waals surface area contributed by atoms with Crippen LogP contribution in [0.1, 0.15) is 46.6 Å². The molecular formula is C16H18BrNO2. The molecule has 2 aliphatic rings. The van der Waals surface area contributed by atoms with Gasteiger partial charge in [0.05, 0.1) is 6.42 Å². The largest absolute Gasteiger partial charge is 0.281 e. The molecule has 2 atom stereocenters. The van der Waals surface area contributed by atoms with Crippen LogP contribution in [0.4, 0.5) is 0 Å². The predicted octanol–water partition coefficient (Wildman–Crippen LogP) is 3.32. The zero-order valence-electron chi connectivity index (χ0n) is 11.9. The molecule has 2 amide bonds. The minimum absolute atomic E-state index is 0.131. The standard InChI is InChI=1S/C16H18BrNO2/c1-16(2)8-12(16)14(17)10-5-4-9-7-13(19)18(3)15(20)11(9)6-10/h4-6,12,14H,7-8H2,1-3H3. The van der Waals surface area contributed by atoms with E-state index in [1.165, 1.54) is 11.3 Å². The highest BCUT2D eigenvalue weighted by molar-refractivity contribution is 9.09. The van der Waals surface area contributed by atoms with Gasteiger partial charge in [0, 0.05) is 17.4 Å². The van der Waals surface area contributed by atoms with Gasteiger partial charge in [-0.15, -0.1) is 0 Å². The molecule has 1 aliphatic carbocycles. The Hall–Kier alpha value is -1.16. The van der Waals surface area contributed by atoms with Gasteiger partial charge in [-0.2, -0.15) is 0 Å². The summed E-state index contributed by atoms with van der Waals surface area (Å²) in [4.78, 5) is 25.4. The lowest BCUT2D eigenvalue weighted by molar-refractivity contribution is -0.127. The van der Waals surface area contributed by atoms with Gasteiger partial charge < -0.3 is 0 Å². The Labute approximate surface area is 127 Å². The van der Waals surface area contributed by atoms with Gasteiger partial charge in [-0.1, -0.05) is 41.9 Å². The van der Waals surface area contributed by atoms with Crippen molar-refractivity contribution in [3.63, 3.8) is 0 Å². The van der Waals surface area contributed by atoms with Crippen LogP contribution in [0.25, 0.3) is 0 Å². The highest BCUT2D eigenvalue weighted by Crippen LogP contribution is 2.60. The molecular weight excluding hydrogens is 318 g/mol. The van der Waals surface area contributed by atoms with Crippen LogP contribution in [0.15, 0.2) is 18.2 Å². The Morgan fingerprint density at radius 3 is 2.60 bits per heavy atom. The van der Waals surface area contributed by atoms with Crippen molar-refractivity contribution in [2.24, 2.45) is 11.3 Å². The summed E-state index contributed by atoms with van der Waals surface area (Å²) in [5.41, 5.74) is 3.03. The molecule has 3 rings (SSSR count). The molecule has 1 saturated carbocycles. The Kier molecular flexibility index (Phi) is 3.05. The van der Waals surface area contributed by atoms with Crippen LogP contribution >= 0.6 is 15.9 Å². The highest BCUT2D eigenvalue weighted by Gasteiger charge is 2.49. The molecule has 20 heavy (non-hydrogen) atoms. The number of fused-ring (bicyclic) bond motifs is 1. The van der Waals surface area contributed by atoms with Crippen molar-refractivity contribution in [2.75, 3.05) is 7.05 Å². The maximum Gasteiger partial charge on any atom is 0.260 e. The van der Waals surface area contributed by atoms with Gasteiger partial charge >= 0.3 is 0 Å². The van der Waals surface area contributed by atoms with Gasteiger partial charge in [-0.25, -0.2) is 0 Å². The number of rotatable bonds is 2. The van der Waals surface area contributed by atoms with Crippen LogP contribution in [0.5, 0.6) is 0 Å². The first-order chi connectivity index (χ1) is 9.31. The van der Waals surface area contributed by atoms with Gasteiger partial charge in [0.25, 0.3) is 5.91 Å². The second-order valence-electron chi connectivity index (χ2n) is 6.55. The first-order valence-electron chi connectivity index (χ1n) is 6.89. The minimum atomic E-state index is -0.187. The third kappa shape index (κ3) is 2.10. The summed E-state index contributed by atoms with van der Waals surface area (Å²) < 4.78 is 0. The summed E-state index contributed by atoms with van der Waals surface area (Å²) in [6.07, 6.45) is 1.52. The summed E-state index contributed by atoms with van der Waals surface area (Å²) in [7, 11) is 1.55. The number of likely N-dealkylation sites (N-methyl/N-ethyl adjacent to an activating group) is 1. The molecule has 1 aromatic carbocycles. The maximum absolute atomic E-state index is 12.2. The van der Waals surface area contributed by atoms with Crippen LogP contribution < -0.4 is 0 Å². The monoisotopic (exact) mass is 335 g/mol. The van der Waals surface area contributed by atoms with Crippen molar-refractivity contribution in [2.45, 2.75) is 31.5 Å². The lowest BCUT2D eigenvalue weighted by Crippen LogP contribution is -2.39. The number of alkyl halides is 1. The van der Waals surface area contributed by atoms with Crippen LogP contribution in [0.2, 0.25) is 0 Å². The third-order valence-electron chi connectivity index (χ3n) is 4.65. The maximum atomic E-state index is 12.2. The summed E-state index contributed by atoms with van der Waals surface area (Å²) in [6.45, 7) is 4.53. The molecule has 0 N–H and O–H groups in total. The van der Waals surface area contributed by atoms with Crippen molar-refractivity contribution in [1.29, 1.82) is 0 Å². The molecule has 0 bridgehead atoms. The van der Waals surface area contributed by atoms with E-state index in [0.717, 1.165) is 11.1 Å². The van der Waals surface area contributed by atoms with E-state index in [-0.39, 0.29) is 16.6 Å². The molecule has 1 aliphatic heterocycles. The fraction of sp³-hybridized carbons (Fsp3) is 0.500. The van der Waals surface area contributed by atoms with Crippen molar-refractivity contribution >= 4 is 27.7 Å². The predicted molar refractivity (Wildman–Crippen MR) is 80.8 cm³/mol. The van der Waals surface area contributed by atoms with Crippen molar-refractivity contribution < 1.29 is 9.59 Å². The number of hydrogen-bond donors (Lipinski definition) is 0. The average molecular weight is 336 g/mol. The van der Waals surface area contributed by atoms with Gasteiger partial charge in [0.15, 0.2) is 0 Å². The molecule has 106 valence electrons. The molecule has 0 radical (unpaired) electrons.